The maximum atomic E-state index is 12.7. The number of rotatable bonds is 4. The molecule has 0 bridgehead atoms. The van der Waals surface area contributed by atoms with E-state index in [1.165, 1.54) is 16.4 Å². The Morgan fingerprint density at radius 3 is 2.18 bits per heavy atom. The third-order valence-corrected chi connectivity index (χ3v) is 6.81. The van der Waals surface area contributed by atoms with Gasteiger partial charge in [0.2, 0.25) is 10.0 Å². The number of aromatic nitrogens is 1. The fourth-order valence-electron chi connectivity index (χ4n) is 3.21. The molecule has 0 N–H and O–H groups in total. The summed E-state index contributed by atoms with van der Waals surface area (Å²) in [6.45, 7) is 8.55. The Hall–Kier alpha value is -0.990. The Labute approximate surface area is 132 Å². The van der Waals surface area contributed by atoms with Crippen molar-refractivity contribution in [1.82, 2.24) is 9.29 Å². The van der Waals surface area contributed by atoms with Gasteiger partial charge in [-0.05, 0) is 23.5 Å². The summed E-state index contributed by atoms with van der Waals surface area (Å²) in [5, 5.41) is -0.129. The average molecular weight is 346 g/mol. The Kier molecular flexibility index (Phi) is 4.17. The number of sulfone groups is 1. The highest BCUT2D eigenvalue weighted by Crippen LogP contribution is 2.44. The average Bonchev–Trinajstić information content (AvgIpc) is 2.34. The molecule has 1 saturated heterocycles. The van der Waals surface area contributed by atoms with Crippen molar-refractivity contribution in [3.63, 3.8) is 0 Å². The number of nitrogens with zero attached hydrogens (tertiary/aromatic N) is 2. The number of hydrogen-bond donors (Lipinski definition) is 0. The maximum absolute atomic E-state index is 12.7. The molecule has 1 aliphatic rings. The molecule has 1 aromatic rings. The van der Waals surface area contributed by atoms with Gasteiger partial charge in [-0.3, -0.25) is 0 Å². The summed E-state index contributed by atoms with van der Waals surface area (Å²) >= 11 is 0. The lowest BCUT2D eigenvalue weighted by Crippen LogP contribution is -2.65. The van der Waals surface area contributed by atoms with Crippen LogP contribution in [0, 0.1) is 11.3 Å². The molecular weight excluding hydrogens is 324 g/mol. The molecule has 0 radical (unpaired) electrons. The van der Waals surface area contributed by atoms with Gasteiger partial charge in [-0.2, -0.15) is 4.31 Å². The number of hydrogen-bond acceptors (Lipinski definition) is 5. The van der Waals surface area contributed by atoms with Crippen LogP contribution in [0.1, 0.15) is 27.7 Å². The van der Waals surface area contributed by atoms with E-state index in [-0.39, 0.29) is 27.3 Å². The minimum atomic E-state index is -3.65. The molecule has 22 heavy (non-hydrogen) atoms. The highest BCUT2D eigenvalue weighted by atomic mass is 32.2. The van der Waals surface area contributed by atoms with Crippen LogP contribution in [0.5, 0.6) is 0 Å². The van der Waals surface area contributed by atoms with Gasteiger partial charge in [-0.15, -0.1) is 0 Å². The molecule has 1 aliphatic heterocycles. The van der Waals surface area contributed by atoms with Crippen molar-refractivity contribution in [3.05, 3.63) is 18.3 Å². The first-order chi connectivity index (χ1) is 9.87. The summed E-state index contributed by atoms with van der Waals surface area (Å²) in [6, 6.07) is 2.46. The van der Waals surface area contributed by atoms with E-state index in [0.29, 0.717) is 6.54 Å². The van der Waals surface area contributed by atoms with E-state index in [9.17, 15) is 16.8 Å². The molecule has 1 aromatic heterocycles. The second kappa shape index (κ2) is 5.28. The van der Waals surface area contributed by atoms with Gasteiger partial charge >= 0.3 is 0 Å². The topological polar surface area (TPSA) is 84.4 Å². The fourth-order valence-corrected chi connectivity index (χ4v) is 5.80. The SMILES string of the molecule is CC(C)C1N(S(=O)(=O)c2ccc(S(C)(=O)=O)nc2)CC1(C)C. The van der Waals surface area contributed by atoms with Crippen LogP contribution < -0.4 is 0 Å². The molecule has 124 valence electrons. The van der Waals surface area contributed by atoms with E-state index in [2.05, 4.69) is 18.8 Å². The molecule has 0 amide bonds. The van der Waals surface area contributed by atoms with Gasteiger partial charge in [0.1, 0.15) is 4.90 Å². The largest absolute Gasteiger partial charge is 0.244 e. The van der Waals surface area contributed by atoms with Crippen molar-refractivity contribution >= 4 is 19.9 Å². The lowest BCUT2D eigenvalue weighted by Gasteiger charge is -2.55. The first kappa shape index (κ1) is 17.4. The highest BCUT2D eigenvalue weighted by Gasteiger charge is 2.52. The Bertz CT molecular complexity index is 766. The predicted octanol–water partition coefficient (Wildman–Crippen LogP) is 1.54. The molecular formula is C14H22N2O4S2. The molecule has 1 fully saturated rings. The summed E-state index contributed by atoms with van der Waals surface area (Å²) in [4.78, 5) is 3.80. The molecule has 8 heteroatoms. The van der Waals surface area contributed by atoms with E-state index in [4.69, 9.17) is 0 Å². The zero-order valence-corrected chi connectivity index (χ0v) is 15.1. The third-order valence-electron chi connectivity index (χ3n) is 4.00. The van der Waals surface area contributed by atoms with Crippen LogP contribution in [0.2, 0.25) is 0 Å². The lowest BCUT2D eigenvalue weighted by molar-refractivity contribution is -0.00925. The van der Waals surface area contributed by atoms with E-state index in [1.807, 2.05) is 13.8 Å². The second-order valence-electron chi connectivity index (χ2n) is 6.83. The molecule has 1 unspecified atom stereocenters. The number of pyridine rings is 1. The van der Waals surface area contributed by atoms with E-state index in [0.717, 1.165) is 12.5 Å². The van der Waals surface area contributed by atoms with Gasteiger partial charge in [-0.25, -0.2) is 21.8 Å². The monoisotopic (exact) mass is 346 g/mol. The second-order valence-corrected chi connectivity index (χ2v) is 10.7. The quantitative estimate of drug-likeness (QED) is 0.825. The molecule has 2 heterocycles. The van der Waals surface area contributed by atoms with Crippen molar-refractivity contribution in [3.8, 4) is 0 Å². The van der Waals surface area contributed by atoms with Gasteiger partial charge in [0.25, 0.3) is 0 Å². The molecule has 1 atom stereocenters. The van der Waals surface area contributed by atoms with Crippen LogP contribution in [0.15, 0.2) is 28.3 Å². The standard InChI is InChI=1S/C14H22N2O4S2/c1-10(2)13-14(3,4)9-16(13)22(19,20)11-6-7-12(15-8-11)21(5,17)18/h6-8,10,13H,9H2,1-5H3. The minimum absolute atomic E-state index is 0.0288. The molecule has 0 aliphatic carbocycles. The van der Waals surface area contributed by atoms with Gasteiger partial charge < -0.3 is 0 Å². The molecule has 0 aromatic carbocycles. The smallest absolute Gasteiger partial charge is 0.243 e. The van der Waals surface area contributed by atoms with E-state index >= 15 is 0 Å². The normalized spacial score (nSPS) is 22.5. The first-order valence-corrected chi connectivity index (χ1v) is 10.4. The van der Waals surface area contributed by atoms with Crippen LogP contribution in [-0.4, -0.2) is 45.0 Å². The first-order valence-electron chi connectivity index (χ1n) is 7.05. The van der Waals surface area contributed by atoms with Crippen molar-refractivity contribution in [2.45, 2.75) is 43.7 Å². The minimum Gasteiger partial charge on any atom is -0.243 e. The zero-order chi connectivity index (χ0) is 16.9. The van der Waals surface area contributed by atoms with Crippen LogP contribution in [0.25, 0.3) is 0 Å². The summed E-state index contributed by atoms with van der Waals surface area (Å²) < 4.78 is 49.7. The van der Waals surface area contributed by atoms with Gasteiger partial charge in [0, 0.05) is 25.0 Å². The third kappa shape index (κ3) is 2.91. The van der Waals surface area contributed by atoms with Crippen LogP contribution >= 0.6 is 0 Å². The highest BCUT2D eigenvalue weighted by molar-refractivity contribution is 7.90. The summed E-state index contributed by atoms with van der Waals surface area (Å²) in [5.41, 5.74) is -0.0681. The van der Waals surface area contributed by atoms with Crippen molar-refractivity contribution in [2.24, 2.45) is 11.3 Å². The molecule has 0 saturated carbocycles. The summed E-state index contributed by atoms with van der Waals surface area (Å²) in [5.74, 6) is 0.196. The van der Waals surface area contributed by atoms with Crippen molar-refractivity contribution in [1.29, 1.82) is 0 Å². The molecule has 2 rings (SSSR count). The van der Waals surface area contributed by atoms with Crippen molar-refractivity contribution in [2.75, 3.05) is 12.8 Å². The number of sulfonamides is 1. The molecule has 0 spiro atoms. The fraction of sp³-hybridized carbons (Fsp3) is 0.643. The Morgan fingerprint density at radius 1 is 1.23 bits per heavy atom. The summed E-state index contributed by atoms with van der Waals surface area (Å²) in [7, 11) is -7.09. The van der Waals surface area contributed by atoms with Crippen LogP contribution in [0.3, 0.4) is 0 Å². The Balaban J connectivity index is 2.36. The van der Waals surface area contributed by atoms with E-state index in [1.54, 1.807) is 0 Å². The maximum Gasteiger partial charge on any atom is 0.244 e. The molecule has 6 nitrogen and oxygen atoms in total. The summed E-state index contributed by atoms with van der Waals surface area (Å²) in [6.07, 6.45) is 2.16. The zero-order valence-electron chi connectivity index (χ0n) is 13.4. The van der Waals surface area contributed by atoms with Gasteiger partial charge in [0.05, 0.1) is 0 Å². The van der Waals surface area contributed by atoms with Gasteiger partial charge in [0.15, 0.2) is 14.9 Å². The van der Waals surface area contributed by atoms with Crippen molar-refractivity contribution < 1.29 is 16.8 Å². The van der Waals surface area contributed by atoms with Crippen LogP contribution in [0.4, 0.5) is 0 Å². The predicted molar refractivity (Wildman–Crippen MR) is 83.6 cm³/mol. The van der Waals surface area contributed by atoms with Crippen LogP contribution in [-0.2, 0) is 19.9 Å². The lowest BCUT2D eigenvalue weighted by atomic mass is 9.72. The van der Waals surface area contributed by atoms with Gasteiger partial charge in [-0.1, -0.05) is 27.7 Å². The Morgan fingerprint density at radius 2 is 1.82 bits per heavy atom. The van der Waals surface area contributed by atoms with E-state index < -0.39 is 19.9 Å².